The predicted octanol–water partition coefficient (Wildman–Crippen LogP) is 2.47. The Morgan fingerprint density at radius 3 is 2.23 bits per heavy atom. The highest BCUT2D eigenvalue weighted by atomic mass is 32.2. The average molecular weight is 218 g/mol. The van der Waals surface area contributed by atoms with E-state index >= 15 is 0 Å². The number of hydrogen-bond acceptors (Lipinski definition) is 4. The molecule has 0 saturated heterocycles. The molecule has 0 aromatic rings. The van der Waals surface area contributed by atoms with Crippen LogP contribution in [0.15, 0.2) is 0 Å². The molecule has 0 amide bonds. The van der Waals surface area contributed by atoms with Gasteiger partial charge in [0, 0.05) is 5.25 Å². The highest BCUT2D eigenvalue weighted by Gasteiger charge is 2.21. The van der Waals surface area contributed by atoms with Crippen LogP contribution in [0.5, 0.6) is 0 Å². The zero-order valence-electron chi connectivity index (χ0n) is 7.75. The molecule has 0 bridgehead atoms. The van der Waals surface area contributed by atoms with Crippen molar-refractivity contribution in [2.45, 2.75) is 37.4 Å². The molecular formula is C9H14O2S2. The number of thioether (sulfide) groups is 2. The maximum absolute atomic E-state index is 11.2. The van der Waals surface area contributed by atoms with Crippen molar-refractivity contribution in [2.24, 2.45) is 0 Å². The molecule has 1 fully saturated rings. The van der Waals surface area contributed by atoms with Gasteiger partial charge in [0.05, 0.1) is 0 Å². The van der Waals surface area contributed by atoms with E-state index in [0.717, 1.165) is 24.6 Å². The molecule has 4 heteroatoms. The minimum absolute atomic E-state index is 0.264. The van der Waals surface area contributed by atoms with Crippen LogP contribution in [0, 0.1) is 0 Å². The summed E-state index contributed by atoms with van der Waals surface area (Å²) in [5.74, 6) is 0. The molecule has 1 saturated carbocycles. The Kier molecular flexibility index (Phi) is 4.88. The van der Waals surface area contributed by atoms with Crippen LogP contribution < -0.4 is 0 Å². The lowest BCUT2D eigenvalue weighted by Crippen LogP contribution is -2.14. The fraction of sp³-hybridized carbons (Fsp3) is 0.778. The zero-order valence-corrected chi connectivity index (χ0v) is 9.38. The first-order chi connectivity index (χ1) is 6.24. The van der Waals surface area contributed by atoms with Crippen molar-refractivity contribution in [3.05, 3.63) is 0 Å². The summed E-state index contributed by atoms with van der Waals surface area (Å²) >= 11 is 2.26. The molecule has 74 valence electrons. The van der Waals surface area contributed by atoms with Crippen LogP contribution in [0.2, 0.25) is 0 Å². The Bertz CT molecular complexity index is 198. The fourth-order valence-corrected chi connectivity index (χ4v) is 2.99. The Balaban J connectivity index is 2.30. The standard InChI is InChI=1S/C9H14O2S2/c1-12-8(10)9(11)13-7-5-3-2-4-6-7/h7H,2-6H2,1H3. The van der Waals surface area contributed by atoms with E-state index in [0.29, 0.717) is 5.25 Å². The van der Waals surface area contributed by atoms with Gasteiger partial charge >= 0.3 is 0 Å². The van der Waals surface area contributed by atoms with Gasteiger partial charge in [-0.3, -0.25) is 9.59 Å². The molecule has 0 aromatic carbocycles. The molecule has 0 unspecified atom stereocenters. The molecule has 1 aliphatic carbocycles. The SMILES string of the molecule is CSC(=O)C(=O)SC1CCCCC1. The summed E-state index contributed by atoms with van der Waals surface area (Å²) < 4.78 is 0. The van der Waals surface area contributed by atoms with Crippen LogP contribution in [0.1, 0.15) is 32.1 Å². The van der Waals surface area contributed by atoms with Gasteiger partial charge in [0.1, 0.15) is 0 Å². The summed E-state index contributed by atoms with van der Waals surface area (Å²) in [6.07, 6.45) is 7.54. The third-order valence-corrected chi connectivity index (χ3v) is 4.07. The molecule has 0 heterocycles. The average Bonchev–Trinajstić information content (AvgIpc) is 2.18. The molecule has 0 atom stereocenters. The van der Waals surface area contributed by atoms with E-state index in [-0.39, 0.29) is 10.2 Å². The van der Waals surface area contributed by atoms with Gasteiger partial charge in [-0.2, -0.15) is 0 Å². The van der Waals surface area contributed by atoms with E-state index in [4.69, 9.17) is 0 Å². The van der Waals surface area contributed by atoms with Gasteiger partial charge in [-0.1, -0.05) is 42.8 Å². The lowest BCUT2D eigenvalue weighted by atomic mass is 10.0. The number of rotatable bonds is 1. The van der Waals surface area contributed by atoms with E-state index in [1.54, 1.807) is 6.26 Å². The Hall–Kier alpha value is 0.0400. The summed E-state index contributed by atoms with van der Waals surface area (Å²) in [4.78, 5) is 22.2. The first-order valence-electron chi connectivity index (χ1n) is 4.53. The normalized spacial score (nSPS) is 18.5. The molecule has 1 rings (SSSR count). The third kappa shape index (κ3) is 3.73. The Morgan fingerprint density at radius 1 is 1.08 bits per heavy atom. The minimum atomic E-state index is -0.310. The number of carbonyl (C=O) groups excluding carboxylic acids is 2. The monoisotopic (exact) mass is 218 g/mol. The molecule has 0 aliphatic heterocycles. The fourth-order valence-electron chi connectivity index (χ4n) is 1.47. The van der Waals surface area contributed by atoms with Crippen molar-refractivity contribution in [3.63, 3.8) is 0 Å². The Morgan fingerprint density at radius 2 is 1.69 bits per heavy atom. The summed E-state index contributed by atoms with van der Waals surface area (Å²) in [6, 6.07) is 0. The lowest BCUT2D eigenvalue weighted by molar-refractivity contribution is -0.126. The highest BCUT2D eigenvalue weighted by Crippen LogP contribution is 2.29. The molecule has 13 heavy (non-hydrogen) atoms. The molecule has 0 aromatic heterocycles. The summed E-state index contributed by atoms with van der Waals surface area (Å²) in [5.41, 5.74) is 0. The maximum Gasteiger partial charge on any atom is 0.266 e. The quantitative estimate of drug-likeness (QED) is 0.633. The summed E-state index contributed by atoms with van der Waals surface area (Å²) in [7, 11) is 0. The molecular weight excluding hydrogens is 204 g/mol. The van der Waals surface area contributed by atoms with Crippen LogP contribution in [0.25, 0.3) is 0 Å². The smallest absolute Gasteiger partial charge is 0.266 e. The van der Waals surface area contributed by atoms with Gasteiger partial charge < -0.3 is 0 Å². The van der Waals surface area contributed by atoms with Crippen molar-refractivity contribution in [2.75, 3.05) is 6.26 Å². The van der Waals surface area contributed by atoms with Crippen LogP contribution in [0.3, 0.4) is 0 Å². The van der Waals surface area contributed by atoms with E-state index in [1.165, 1.54) is 31.0 Å². The van der Waals surface area contributed by atoms with Gasteiger partial charge in [-0.25, -0.2) is 0 Å². The van der Waals surface area contributed by atoms with Crippen molar-refractivity contribution in [1.82, 2.24) is 0 Å². The number of carbonyl (C=O) groups is 2. The second kappa shape index (κ2) is 5.70. The second-order valence-corrected chi connectivity index (χ2v) is 5.21. The summed E-state index contributed by atoms with van der Waals surface area (Å²) in [5, 5.41) is -0.174. The van der Waals surface area contributed by atoms with E-state index in [2.05, 4.69) is 0 Å². The van der Waals surface area contributed by atoms with Crippen molar-refractivity contribution >= 4 is 33.8 Å². The molecule has 0 N–H and O–H groups in total. The Labute approximate surface area is 87.2 Å². The van der Waals surface area contributed by atoms with E-state index in [1.807, 2.05) is 0 Å². The third-order valence-electron chi connectivity index (χ3n) is 2.18. The topological polar surface area (TPSA) is 34.1 Å². The predicted molar refractivity (Wildman–Crippen MR) is 58.0 cm³/mol. The number of hydrogen-bond donors (Lipinski definition) is 0. The van der Waals surface area contributed by atoms with Crippen LogP contribution in [-0.4, -0.2) is 21.7 Å². The maximum atomic E-state index is 11.2. The largest absolute Gasteiger partial charge is 0.277 e. The highest BCUT2D eigenvalue weighted by molar-refractivity contribution is 8.24. The van der Waals surface area contributed by atoms with Gasteiger partial charge in [0.25, 0.3) is 10.2 Å². The van der Waals surface area contributed by atoms with Gasteiger partial charge in [-0.15, -0.1) is 0 Å². The summed E-state index contributed by atoms with van der Waals surface area (Å²) in [6.45, 7) is 0. The van der Waals surface area contributed by atoms with Crippen molar-refractivity contribution in [1.29, 1.82) is 0 Å². The molecule has 1 aliphatic rings. The van der Waals surface area contributed by atoms with Crippen LogP contribution >= 0.6 is 23.5 Å². The first kappa shape index (κ1) is 11.1. The van der Waals surface area contributed by atoms with Gasteiger partial charge in [0.15, 0.2) is 0 Å². The van der Waals surface area contributed by atoms with Gasteiger partial charge in [-0.05, 0) is 19.1 Å². The lowest BCUT2D eigenvalue weighted by Gasteiger charge is -2.19. The molecule has 2 nitrogen and oxygen atoms in total. The van der Waals surface area contributed by atoms with Crippen LogP contribution in [0.4, 0.5) is 0 Å². The second-order valence-electron chi connectivity index (χ2n) is 3.16. The first-order valence-corrected chi connectivity index (χ1v) is 6.63. The van der Waals surface area contributed by atoms with Gasteiger partial charge in [0.2, 0.25) is 0 Å². The van der Waals surface area contributed by atoms with E-state index < -0.39 is 0 Å². The van der Waals surface area contributed by atoms with Crippen molar-refractivity contribution in [3.8, 4) is 0 Å². The van der Waals surface area contributed by atoms with E-state index in [9.17, 15) is 9.59 Å². The zero-order chi connectivity index (χ0) is 9.68. The molecule has 0 radical (unpaired) electrons. The molecule has 0 spiro atoms. The minimum Gasteiger partial charge on any atom is -0.277 e. The van der Waals surface area contributed by atoms with Crippen LogP contribution in [-0.2, 0) is 9.59 Å². The van der Waals surface area contributed by atoms with Crippen molar-refractivity contribution < 1.29 is 9.59 Å².